The first-order valence-electron chi connectivity index (χ1n) is 8.83. The second-order valence-electron chi connectivity index (χ2n) is 6.32. The van der Waals surface area contributed by atoms with Crippen LogP contribution in [0.5, 0.6) is 5.75 Å². The van der Waals surface area contributed by atoms with Gasteiger partial charge in [-0.3, -0.25) is 4.90 Å². The summed E-state index contributed by atoms with van der Waals surface area (Å²) in [6.45, 7) is 0.823. The topological polar surface area (TPSA) is 59.0 Å². The van der Waals surface area contributed by atoms with Gasteiger partial charge in [0.25, 0.3) is 0 Å². The van der Waals surface area contributed by atoms with E-state index in [0.717, 1.165) is 18.6 Å². The van der Waals surface area contributed by atoms with Crippen LogP contribution in [0, 0.1) is 0 Å². The molecular weight excluding hydrogens is 366 g/mol. The number of aliphatic carboxylic acids is 1. The smallest absolute Gasteiger partial charge is 0.348 e. The summed E-state index contributed by atoms with van der Waals surface area (Å²) in [5.41, 5.74) is 2.48. The van der Waals surface area contributed by atoms with Gasteiger partial charge in [-0.25, -0.2) is 4.79 Å². The van der Waals surface area contributed by atoms with Crippen LogP contribution < -0.4 is 4.74 Å². The summed E-state index contributed by atoms with van der Waals surface area (Å²) < 4.78 is 11.3. The number of likely N-dealkylation sites (N-methyl/N-ethyl adjacent to an activating group) is 1. The molecule has 0 spiro atoms. The fourth-order valence-corrected chi connectivity index (χ4v) is 2.65. The summed E-state index contributed by atoms with van der Waals surface area (Å²) in [7, 11) is 3.36. The fourth-order valence-electron chi connectivity index (χ4n) is 2.65. The zero-order valence-electron chi connectivity index (χ0n) is 15.8. The monoisotopic (exact) mass is 393 g/mol. The van der Waals surface area contributed by atoms with Gasteiger partial charge >= 0.3 is 5.97 Å². The Bertz CT molecular complexity index is 679. The van der Waals surface area contributed by atoms with E-state index in [0.29, 0.717) is 19.6 Å². The van der Waals surface area contributed by atoms with Crippen LogP contribution in [0.3, 0.4) is 0 Å². The van der Waals surface area contributed by atoms with Crippen LogP contribution in [0.1, 0.15) is 17.5 Å². The molecule has 0 heterocycles. The molecule has 1 N–H and O–H groups in total. The number of carbonyl (C=O) groups is 1. The molecule has 0 saturated heterocycles. The summed E-state index contributed by atoms with van der Waals surface area (Å²) >= 11 is 0. The zero-order valence-corrected chi connectivity index (χ0v) is 16.7. The number of hydrogen-bond donors (Lipinski definition) is 1. The first-order chi connectivity index (χ1) is 12.6. The van der Waals surface area contributed by atoms with E-state index < -0.39 is 12.2 Å². The SMILES string of the molecule is CN(C)C(OCCCOc1ccccc1CCc1ccccc1)C(=O)O.Cl. The van der Waals surface area contributed by atoms with E-state index in [9.17, 15) is 4.79 Å². The predicted octanol–water partition coefficient (Wildman–Crippen LogP) is 3.65. The molecule has 1 unspecified atom stereocenters. The third-order valence-corrected chi connectivity index (χ3v) is 4.00. The van der Waals surface area contributed by atoms with Gasteiger partial charge in [-0.2, -0.15) is 0 Å². The number of rotatable bonds is 11. The number of benzene rings is 2. The Hall–Kier alpha value is -2.08. The number of ether oxygens (including phenoxy) is 2. The Morgan fingerprint density at radius 3 is 2.33 bits per heavy atom. The Labute approximate surface area is 167 Å². The molecule has 0 saturated carbocycles. The highest BCUT2D eigenvalue weighted by molar-refractivity contribution is 5.85. The van der Waals surface area contributed by atoms with Gasteiger partial charge in [-0.1, -0.05) is 48.5 Å². The number of aryl methyl sites for hydroxylation is 2. The van der Waals surface area contributed by atoms with Gasteiger partial charge in [0.2, 0.25) is 6.23 Å². The van der Waals surface area contributed by atoms with E-state index in [1.807, 2.05) is 24.3 Å². The van der Waals surface area contributed by atoms with E-state index in [1.54, 1.807) is 14.1 Å². The first-order valence-corrected chi connectivity index (χ1v) is 8.83. The number of hydrogen-bond acceptors (Lipinski definition) is 4. The lowest BCUT2D eigenvalue weighted by Crippen LogP contribution is -2.38. The zero-order chi connectivity index (χ0) is 18.8. The minimum atomic E-state index is -0.984. The Morgan fingerprint density at radius 1 is 1.00 bits per heavy atom. The molecule has 2 aromatic rings. The second-order valence-corrected chi connectivity index (χ2v) is 6.32. The molecule has 2 aromatic carbocycles. The highest BCUT2D eigenvalue weighted by atomic mass is 35.5. The summed E-state index contributed by atoms with van der Waals surface area (Å²) in [4.78, 5) is 12.6. The van der Waals surface area contributed by atoms with E-state index in [2.05, 4.69) is 30.3 Å². The van der Waals surface area contributed by atoms with Gasteiger partial charge in [0, 0.05) is 6.42 Å². The molecule has 0 amide bonds. The lowest BCUT2D eigenvalue weighted by atomic mass is 10.0. The third kappa shape index (κ3) is 7.99. The van der Waals surface area contributed by atoms with Crippen LogP contribution in [0.25, 0.3) is 0 Å². The van der Waals surface area contributed by atoms with Crippen molar-refractivity contribution in [2.45, 2.75) is 25.5 Å². The summed E-state index contributed by atoms with van der Waals surface area (Å²) in [5.74, 6) is -0.104. The number of carboxylic acids is 1. The molecule has 1 atom stereocenters. The van der Waals surface area contributed by atoms with Crippen LogP contribution >= 0.6 is 12.4 Å². The normalized spacial score (nSPS) is 11.7. The van der Waals surface area contributed by atoms with Crippen molar-refractivity contribution in [3.05, 3.63) is 65.7 Å². The molecule has 0 aliphatic heterocycles. The molecule has 0 aliphatic rings. The maximum absolute atomic E-state index is 11.1. The maximum atomic E-state index is 11.1. The van der Waals surface area contributed by atoms with E-state index in [1.165, 1.54) is 16.0 Å². The Morgan fingerprint density at radius 2 is 1.67 bits per heavy atom. The van der Waals surface area contributed by atoms with Gasteiger partial charge in [0.05, 0.1) is 13.2 Å². The molecule has 0 aromatic heterocycles. The van der Waals surface area contributed by atoms with Gasteiger partial charge in [-0.05, 0) is 44.1 Å². The van der Waals surface area contributed by atoms with Gasteiger partial charge in [0.1, 0.15) is 5.75 Å². The number of carboxylic acid groups (broad SMARTS) is 1. The molecule has 148 valence electrons. The molecule has 0 bridgehead atoms. The van der Waals surface area contributed by atoms with E-state index >= 15 is 0 Å². The average Bonchev–Trinajstić information content (AvgIpc) is 2.64. The number of nitrogens with zero attached hydrogens (tertiary/aromatic N) is 1. The van der Waals surface area contributed by atoms with Gasteiger partial charge in [0.15, 0.2) is 0 Å². The standard InChI is InChI=1S/C21H27NO4.ClH/c1-22(2)20(21(23)24)26-16-8-15-25-19-12-7-6-11-18(19)14-13-17-9-4-3-5-10-17;/h3-7,9-12,20H,8,13-16H2,1-2H3,(H,23,24);1H. The largest absolute Gasteiger partial charge is 0.493 e. The molecule has 0 radical (unpaired) electrons. The van der Waals surface area contributed by atoms with Gasteiger partial charge in [-0.15, -0.1) is 12.4 Å². The van der Waals surface area contributed by atoms with Crippen molar-refractivity contribution in [1.29, 1.82) is 0 Å². The minimum Gasteiger partial charge on any atom is -0.493 e. The van der Waals surface area contributed by atoms with E-state index in [4.69, 9.17) is 14.6 Å². The number of halogens is 1. The fraction of sp³-hybridized carbons (Fsp3) is 0.381. The van der Waals surface area contributed by atoms with Crippen LogP contribution in [-0.4, -0.2) is 49.5 Å². The third-order valence-electron chi connectivity index (χ3n) is 4.00. The van der Waals surface area contributed by atoms with E-state index in [-0.39, 0.29) is 12.4 Å². The minimum absolute atomic E-state index is 0. The predicted molar refractivity (Wildman–Crippen MR) is 109 cm³/mol. The average molecular weight is 394 g/mol. The number of para-hydroxylation sites is 1. The second kappa shape index (κ2) is 12.3. The summed E-state index contributed by atoms with van der Waals surface area (Å²) in [6.07, 6.45) is 1.59. The highest BCUT2D eigenvalue weighted by Gasteiger charge is 2.19. The lowest BCUT2D eigenvalue weighted by molar-refractivity contribution is -0.161. The molecule has 6 heteroatoms. The Balaban J connectivity index is 0.00000364. The quantitative estimate of drug-likeness (QED) is 0.466. The van der Waals surface area contributed by atoms with Crippen molar-refractivity contribution < 1.29 is 19.4 Å². The van der Waals surface area contributed by atoms with Crippen molar-refractivity contribution in [3.63, 3.8) is 0 Å². The molecule has 0 aliphatic carbocycles. The van der Waals surface area contributed by atoms with Crippen molar-refractivity contribution >= 4 is 18.4 Å². The van der Waals surface area contributed by atoms with Crippen molar-refractivity contribution in [3.8, 4) is 5.75 Å². The maximum Gasteiger partial charge on any atom is 0.348 e. The van der Waals surface area contributed by atoms with Crippen molar-refractivity contribution in [2.75, 3.05) is 27.3 Å². The first kappa shape index (κ1) is 23.0. The van der Waals surface area contributed by atoms with Crippen molar-refractivity contribution in [2.24, 2.45) is 0 Å². The van der Waals surface area contributed by atoms with Crippen molar-refractivity contribution in [1.82, 2.24) is 4.90 Å². The molecule has 0 fully saturated rings. The van der Waals surface area contributed by atoms with Crippen LogP contribution in [0.2, 0.25) is 0 Å². The molecule has 2 rings (SSSR count). The van der Waals surface area contributed by atoms with Crippen LogP contribution in [0.15, 0.2) is 54.6 Å². The summed E-state index contributed by atoms with van der Waals surface area (Å²) in [6, 6.07) is 18.4. The molecule has 5 nitrogen and oxygen atoms in total. The Kier molecular flexibility index (Phi) is 10.5. The van der Waals surface area contributed by atoms with Crippen LogP contribution in [-0.2, 0) is 22.4 Å². The highest BCUT2D eigenvalue weighted by Crippen LogP contribution is 2.20. The molecule has 27 heavy (non-hydrogen) atoms. The van der Waals surface area contributed by atoms with Crippen LogP contribution in [0.4, 0.5) is 0 Å². The van der Waals surface area contributed by atoms with Gasteiger partial charge < -0.3 is 14.6 Å². The lowest BCUT2D eigenvalue weighted by Gasteiger charge is -2.20. The summed E-state index contributed by atoms with van der Waals surface area (Å²) in [5, 5.41) is 9.07. The molecular formula is C21H28ClNO4.